The number of fused-ring (bicyclic) bond motifs is 1. The summed E-state index contributed by atoms with van der Waals surface area (Å²) in [5, 5.41) is 7.19. The zero-order valence-electron chi connectivity index (χ0n) is 17.6. The standard InChI is InChI=1S/C22H29N3O4S/c1-15(2)20(22(27)23-3)24-21(26)18-9-6-12-25(14-18)30(28,29)19-11-10-16-7-4-5-8-17(16)13-19/h4-5,7-8,10-11,13,15,18,20H,6,9,12,14H2,1-3H3,(H,23,27)(H,24,26)/t18?,20-/m0/s1. The quantitative estimate of drug-likeness (QED) is 0.732. The van der Waals surface area contributed by atoms with E-state index in [4.69, 9.17) is 0 Å². The molecule has 0 saturated carbocycles. The van der Waals surface area contributed by atoms with E-state index >= 15 is 0 Å². The summed E-state index contributed by atoms with van der Waals surface area (Å²) >= 11 is 0. The number of hydrogen-bond donors (Lipinski definition) is 2. The van der Waals surface area contributed by atoms with Crippen molar-refractivity contribution in [2.24, 2.45) is 11.8 Å². The van der Waals surface area contributed by atoms with Gasteiger partial charge in [0.15, 0.2) is 0 Å². The molecule has 1 aliphatic heterocycles. The summed E-state index contributed by atoms with van der Waals surface area (Å²) in [6.07, 6.45) is 1.19. The molecule has 2 atom stereocenters. The van der Waals surface area contributed by atoms with Crippen molar-refractivity contribution in [1.82, 2.24) is 14.9 Å². The Hall–Kier alpha value is -2.45. The van der Waals surface area contributed by atoms with Crippen molar-refractivity contribution < 1.29 is 18.0 Å². The first-order valence-corrected chi connectivity index (χ1v) is 11.7. The monoisotopic (exact) mass is 431 g/mol. The first-order chi connectivity index (χ1) is 14.2. The first kappa shape index (κ1) is 22.2. The van der Waals surface area contributed by atoms with E-state index in [0.29, 0.717) is 19.4 Å². The summed E-state index contributed by atoms with van der Waals surface area (Å²) in [7, 11) is -2.18. The molecule has 0 radical (unpaired) electrons. The van der Waals surface area contributed by atoms with Gasteiger partial charge in [-0.15, -0.1) is 0 Å². The molecule has 2 amide bonds. The fourth-order valence-corrected chi connectivity index (χ4v) is 5.37. The second kappa shape index (κ2) is 9.14. The van der Waals surface area contributed by atoms with Crippen molar-refractivity contribution >= 4 is 32.6 Å². The van der Waals surface area contributed by atoms with Crippen LogP contribution < -0.4 is 10.6 Å². The van der Waals surface area contributed by atoms with E-state index < -0.39 is 22.0 Å². The van der Waals surface area contributed by atoms with Gasteiger partial charge in [0.1, 0.15) is 6.04 Å². The summed E-state index contributed by atoms with van der Waals surface area (Å²) in [5.74, 6) is -1.10. The van der Waals surface area contributed by atoms with Crippen LogP contribution in [-0.2, 0) is 19.6 Å². The maximum absolute atomic E-state index is 13.2. The highest BCUT2D eigenvalue weighted by molar-refractivity contribution is 7.89. The van der Waals surface area contributed by atoms with Crippen LogP contribution in [0.4, 0.5) is 0 Å². The maximum atomic E-state index is 13.2. The van der Waals surface area contributed by atoms with E-state index in [1.165, 1.54) is 11.4 Å². The summed E-state index contributed by atoms with van der Waals surface area (Å²) in [6.45, 7) is 4.20. The molecule has 1 heterocycles. The lowest BCUT2D eigenvalue weighted by Gasteiger charge is -2.32. The number of piperidine rings is 1. The van der Waals surface area contributed by atoms with Gasteiger partial charge in [0, 0.05) is 20.1 Å². The third-order valence-electron chi connectivity index (χ3n) is 5.61. The molecular weight excluding hydrogens is 402 g/mol. The van der Waals surface area contributed by atoms with Crippen molar-refractivity contribution in [1.29, 1.82) is 0 Å². The Balaban J connectivity index is 1.77. The average molecular weight is 432 g/mol. The van der Waals surface area contributed by atoms with Gasteiger partial charge in [-0.3, -0.25) is 9.59 Å². The van der Waals surface area contributed by atoms with Crippen LogP contribution in [0.25, 0.3) is 10.8 Å². The minimum Gasteiger partial charge on any atom is -0.357 e. The SMILES string of the molecule is CNC(=O)[C@@H](NC(=O)C1CCCN(S(=O)(=O)c2ccc3ccccc3c2)C1)C(C)C. The molecule has 3 rings (SSSR count). The molecule has 7 nitrogen and oxygen atoms in total. The van der Waals surface area contributed by atoms with Gasteiger partial charge in [-0.25, -0.2) is 8.42 Å². The van der Waals surface area contributed by atoms with Crippen molar-refractivity contribution in [3.63, 3.8) is 0 Å². The Morgan fingerprint density at radius 2 is 1.80 bits per heavy atom. The topological polar surface area (TPSA) is 95.6 Å². The van der Waals surface area contributed by atoms with Crippen LogP contribution in [0, 0.1) is 11.8 Å². The molecule has 1 aliphatic rings. The van der Waals surface area contributed by atoms with Gasteiger partial charge < -0.3 is 10.6 Å². The number of carbonyl (C=O) groups is 2. The average Bonchev–Trinajstić information content (AvgIpc) is 2.76. The lowest BCUT2D eigenvalue weighted by Crippen LogP contribution is -2.53. The zero-order chi connectivity index (χ0) is 21.9. The van der Waals surface area contributed by atoms with Crippen molar-refractivity contribution in [2.45, 2.75) is 37.6 Å². The number of carbonyl (C=O) groups excluding carboxylic acids is 2. The smallest absolute Gasteiger partial charge is 0.243 e. The van der Waals surface area contributed by atoms with E-state index in [1.54, 1.807) is 18.2 Å². The molecule has 8 heteroatoms. The van der Waals surface area contributed by atoms with Gasteiger partial charge in [-0.2, -0.15) is 4.31 Å². The van der Waals surface area contributed by atoms with E-state index in [0.717, 1.165) is 10.8 Å². The van der Waals surface area contributed by atoms with Crippen LogP contribution in [0.1, 0.15) is 26.7 Å². The largest absolute Gasteiger partial charge is 0.357 e. The van der Waals surface area contributed by atoms with Crippen molar-refractivity contribution in [3.05, 3.63) is 42.5 Å². The van der Waals surface area contributed by atoms with Gasteiger partial charge in [-0.05, 0) is 41.7 Å². The molecule has 0 bridgehead atoms. The van der Waals surface area contributed by atoms with Crippen LogP contribution >= 0.6 is 0 Å². The lowest BCUT2D eigenvalue weighted by molar-refractivity contribution is -0.132. The molecule has 1 saturated heterocycles. The molecule has 2 N–H and O–H groups in total. The van der Waals surface area contributed by atoms with Crippen molar-refractivity contribution in [2.75, 3.05) is 20.1 Å². The van der Waals surface area contributed by atoms with Crippen LogP contribution in [0.5, 0.6) is 0 Å². The number of nitrogens with one attached hydrogen (secondary N) is 2. The molecule has 2 aromatic rings. The Kier molecular flexibility index (Phi) is 6.77. The van der Waals surface area contributed by atoms with Crippen LogP contribution in [0.15, 0.2) is 47.4 Å². The lowest BCUT2D eigenvalue weighted by atomic mass is 9.96. The molecule has 1 unspecified atom stereocenters. The van der Waals surface area contributed by atoms with Gasteiger partial charge >= 0.3 is 0 Å². The third-order valence-corrected chi connectivity index (χ3v) is 7.47. The van der Waals surface area contributed by atoms with Crippen LogP contribution in [0.3, 0.4) is 0 Å². The van der Waals surface area contributed by atoms with Gasteiger partial charge in [0.05, 0.1) is 10.8 Å². The molecular formula is C22H29N3O4S. The zero-order valence-corrected chi connectivity index (χ0v) is 18.4. The van der Waals surface area contributed by atoms with E-state index in [1.807, 2.05) is 38.1 Å². The summed E-state index contributed by atoms with van der Waals surface area (Å²) in [6, 6.07) is 12.0. The second-order valence-electron chi connectivity index (χ2n) is 8.06. The molecule has 0 aliphatic carbocycles. The number of hydrogen-bond acceptors (Lipinski definition) is 4. The molecule has 2 aromatic carbocycles. The van der Waals surface area contributed by atoms with Crippen LogP contribution in [0.2, 0.25) is 0 Å². The highest BCUT2D eigenvalue weighted by atomic mass is 32.2. The fraction of sp³-hybridized carbons (Fsp3) is 0.455. The van der Waals surface area contributed by atoms with E-state index in [9.17, 15) is 18.0 Å². The maximum Gasteiger partial charge on any atom is 0.243 e. The number of likely N-dealkylation sites (N-methyl/N-ethyl adjacent to an activating group) is 1. The molecule has 30 heavy (non-hydrogen) atoms. The Labute approximate surface area is 177 Å². The highest BCUT2D eigenvalue weighted by Gasteiger charge is 2.35. The Morgan fingerprint density at radius 3 is 2.47 bits per heavy atom. The van der Waals surface area contributed by atoms with Gasteiger partial charge in [-0.1, -0.05) is 44.2 Å². The molecule has 162 valence electrons. The Morgan fingerprint density at radius 1 is 1.10 bits per heavy atom. The molecule has 0 aromatic heterocycles. The van der Waals surface area contributed by atoms with Crippen LogP contribution in [-0.4, -0.2) is 50.7 Å². The van der Waals surface area contributed by atoms with E-state index in [-0.39, 0.29) is 29.2 Å². The summed E-state index contributed by atoms with van der Waals surface area (Å²) in [5.41, 5.74) is 0. The fourth-order valence-electron chi connectivity index (χ4n) is 3.81. The number of sulfonamides is 1. The van der Waals surface area contributed by atoms with E-state index in [2.05, 4.69) is 10.6 Å². The highest BCUT2D eigenvalue weighted by Crippen LogP contribution is 2.26. The number of benzene rings is 2. The Bertz CT molecular complexity index is 1040. The molecule has 0 spiro atoms. The minimum absolute atomic E-state index is 0.0741. The second-order valence-corrected chi connectivity index (χ2v) is 9.99. The van der Waals surface area contributed by atoms with Crippen molar-refractivity contribution in [3.8, 4) is 0 Å². The van der Waals surface area contributed by atoms with Gasteiger partial charge in [0.2, 0.25) is 21.8 Å². The first-order valence-electron chi connectivity index (χ1n) is 10.2. The summed E-state index contributed by atoms with van der Waals surface area (Å²) in [4.78, 5) is 25.1. The predicted molar refractivity (Wildman–Crippen MR) is 116 cm³/mol. The number of rotatable bonds is 6. The number of nitrogens with zero attached hydrogens (tertiary/aromatic N) is 1. The minimum atomic E-state index is -3.71. The molecule has 1 fully saturated rings. The van der Waals surface area contributed by atoms with Gasteiger partial charge in [0.25, 0.3) is 0 Å². The third kappa shape index (κ3) is 4.65. The predicted octanol–water partition coefficient (Wildman–Crippen LogP) is 2.13. The summed E-state index contributed by atoms with van der Waals surface area (Å²) < 4.78 is 27.8. The normalized spacial score (nSPS) is 18.9. The number of amides is 2.